The molecule has 0 saturated heterocycles. The van der Waals surface area contributed by atoms with Gasteiger partial charge in [-0.3, -0.25) is 4.90 Å². The fourth-order valence-electron chi connectivity index (χ4n) is 1.99. The maximum Gasteiger partial charge on any atom is 0.0543 e. The Bertz CT molecular complexity index is 235. The minimum absolute atomic E-state index is 0.258. The largest absolute Gasteiger partial charge is 0.299 e. The van der Waals surface area contributed by atoms with Crippen LogP contribution in [0.1, 0.15) is 31.6 Å². The number of hydrogen-bond acceptors (Lipinski definition) is 2. The third-order valence-corrected chi connectivity index (χ3v) is 4.07. The summed E-state index contributed by atoms with van der Waals surface area (Å²) in [6.45, 7) is 4.53. The molecular formula is C11H19NS. The molecule has 1 aromatic heterocycles. The number of thiophene rings is 1. The molecule has 0 bridgehead atoms. The van der Waals surface area contributed by atoms with Gasteiger partial charge in [0.1, 0.15) is 0 Å². The van der Waals surface area contributed by atoms with Crippen molar-refractivity contribution in [3.05, 3.63) is 22.4 Å². The molecule has 0 aliphatic carbocycles. The number of rotatable bonds is 4. The molecule has 0 radical (unpaired) electrons. The lowest BCUT2D eigenvalue weighted by Gasteiger charge is -2.37. The molecule has 0 unspecified atom stereocenters. The van der Waals surface area contributed by atoms with Gasteiger partial charge in [0.15, 0.2) is 0 Å². The van der Waals surface area contributed by atoms with Gasteiger partial charge in [-0.25, -0.2) is 0 Å². The van der Waals surface area contributed by atoms with E-state index in [1.54, 1.807) is 0 Å². The summed E-state index contributed by atoms with van der Waals surface area (Å²) in [4.78, 5) is 3.83. The summed E-state index contributed by atoms with van der Waals surface area (Å²) in [7, 11) is 4.35. The highest BCUT2D eigenvalue weighted by atomic mass is 32.1. The molecule has 0 fully saturated rings. The van der Waals surface area contributed by atoms with Crippen LogP contribution in [0, 0.1) is 0 Å². The third-order valence-electron chi connectivity index (χ3n) is 3.01. The first-order chi connectivity index (χ1) is 6.17. The second-order valence-corrected chi connectivity index (χ2v) is 4.56. The van der Waals surface area contributed by atoms with Crippen LogP contribution in [0.15, 0.2) is 17.5 Å². The highest BCUT2D eigenvalue weighted by Crippen LogP contribution is 2.36. The van der Waals surface area contributed by atoms with Crippen LogP contribution in [0.5, 0.6) is 0 Å². The molecule has 1 nitrogen and oxygen atoms in total. The van der Waals surface area contributed by atoms with Crippen LogP contribution in [0.25, 0.3) is 0 Å². The second-order valence-electron chi connectivity index (χ2n) is 3.61. The van der Waals surface area contributed by atoms with Gasteiger partial charge in [-0.15, -0.1) is 11.3 Å². The molecule has 1 aromatic rings. The zero-order valence-electron chi connectivity index (χ0n) is 9.00. The minimum atomic E-state index is 0.258. The highest BCUT2D eigenvalue weighted by molar-refractivity contribution is 7.10. The van der Waals surface area contributed by atoms with Gasteiger partial charge in [0, 0.05) is 4.88 Å². The molecule has 0 amide bonds. The summed E-state index contributed by atoms with van der Waals surface area (Å²) in [5.41, 5.74) is 0.258. The van der Waals surface area contributed by atoms with E-state index in [2.05, 4.69) is 50.4 Å². The lowest BCUT2D eigenvalue weighted by atomic mass is 9.90. The molecule has 0 atom stereocenters. The summed E-state index contributed by atoms with van der Waals surface area (Å²) in [5, 5.41) is 2.17. The molecule has 0 aliphatic heterocycles. The van der Waals surface area contributed by atoms with Crippen LogP contribution in [-0.4, -0.2) is 19.0 Å². The number of nitrogens with zero attached hydrogens (tertiary/aromatic N) is 1. The van der Waals surface area contributed by atoms with E-state index < -0.39 is 0 Å². The van der Waals surface area contributed by atoms with Crippen LogP contribution in [-0.2, 0) is 5.54 Å². The quantitative estimate of drug-likeness (QED) is 0.715. The van der Waals surface area contributed by atoms with E-state index in [9.17, 15) is 0 Å². The Morgan fingerprint density at radius 3 is 2.23 bits per heavy atom. The van der Waals surface area contributed by atoms with Crippen molar-refractivity contribution in [1.82, 2.24) is 4.90 Å². The first-order valence-electron chi connectivity index (χ1n) is 4.88. The predicted octanol–water partition coefficient (Wildman–Crippen LogP) is 3.33. The van der Waals surface area contributed by atoms with E-state index in [0.717, 1.165) is 0 Å². The first-order valence-corrected chi connectivity index (χ1v) is 5.76. The number of hydrogen-bond donors (Lipinski definition) is 0. The van der Waals surface area contributed by atoms with Gasteiger partial charge < -0.3 is 0 Å². The summed E-state index contributed by atoms with van der Waals surface area (Å²) in [6.07, 6.45) is 2.36. The van der Waals surface area contributed by atoms with E-state index in [1.807, 2.05) is 11.3 Å². The normalized spacial score (nSPS) is 12.4. The van der Waals surface area contributed by atoms with Gasteiger partial charge in [-0.2, -0.15) is 0 Å². The van der Waals surface area contributed by atoms with Crippen molar-refractivity contribution in [2.45, 2.75) is 32.2 Å². The van der Waals surface area contributed by atoms with Gasteiger partial charge in [0.05, 0.1) is 5.54 Å². The summed E-state index contributed by atoms with van der Waals surface area (Å²) in [5.74, 6) is 0. The Morgan fingerprint density at radius 1 is 1.31 bits per heavy atom. The topological polar surface area (TPSA) is 3.24 Å². The average Bonchev–Trinajstić information content (AvgIpc) is 2.60. The first kappa shape index (κ1) is 10.7. The zero-order chi connectivity index (χ0) is 9.90. The van der Waals surface area contributed by atoms with Crippen molar-refractivity contribution in [2.75, 3.05) is 14.1 Å². The molecule has 0 aromatic carbocycles. The lowest BCUT2D eigenvalue weighted by molar-refractivity contribution is 0.143. The molecule has 0 saturated carbocycles. The second kappa shape index (κ2) is 4.25. The van der Waals surface area contributed by atoms with Crippen molar-refractivity contribution in [3.8, 4) is 0 Å². The van der Waals surface area contributed by atoms with Crippen molar-refractivity contribution < 1.29 is 0 Å². The molecule has 0 N–H and O–H groups in total. The Labute approximate surface area is 85.4 Å². The van der Waals surface area contributed by atoms with Gasteiger partial charge >= 0.3 is 0 Å². The van der Waals surface area contributed by atoms with Crippen molar-refractivity contribution in [1.29, 1.82) is 0 Å². The Hall–Kier alpha value is -0.340. The van der Waals surface area contributed by atoms with Gasteiger partial charge in [-0.1, -0.05) is 19.9 Å². The van der Waals surface area contributed by atoms with E-state index in [4.69, 9.17) is 0 Å². The lowest BCUT2D eigenvalue weighted by Crippen LogP contribution is -2.39. The zero-order valence-corrected chi connectivity index (χ0v) is 9.82. The standard InChI is InChI=1S/C11H19NS/c1-5-11(6-2,12(3)4)10-8-7-9-13-10/h7-9H,5-6H2,1-4H3. The van der Waals surface area contributed by atoms with E-state index in [-0.39, 0.29) is 5.54 Å². The van der Waals surface area contributed by atoms with Crippen LogP contribution < -0.4 is 0 Å². The Morgan fingerprint density at radius 2 is 1.92 bits per heavy atom. The van der Waals surface area contributed by atoms with Gasteiger partial charge in [0.25, 0.3) is 0 Å². The maximum absolute atomic E-state index is 2.35. The smallest absolute Gasteiger partial charge is 0.0543 e. The van der Waals surface area contributed by atoms with Crippen LogP contribution in [0.3, 0.4) is 0 Å². The molecular weight excluding hydrogens is 178 g/mol. The molecule has 0 spiro atoms. The molecule has 0 aliphatic rings. The van der Waals surface area contributed by atoms with Crippen LogP contribution in [0.4, 0.5) is 0 Å². The summed E-state index contributed by atoms with van der Waals surface area (Å²) < 4.78 is 0. The maximum atomic E-state index is 2.35. The fraction of sp³-hybridized carbons (Fsp3) is 0.636. The van der Waals surface area contributed by atoms with Crippen LogP contribution >= 0.6 is 11.3 Å². The van der Waals surface area contributed by atoms with Crippen molar-refractivity contribution >= 4 is 11.3 Å². The Balaban J connectivity index is 3.03. The highest BCUT2D eigenvalue weighted by Gasteiger charge is 2.31. The molecule has 1 rings (SSSR count). The fourth-order valence-corrected chi connectivity index (χ4v) is 3.15. The summed E-state index contributed by atoms with van der Waals surface area (Å²) >= 11 is 1.87. The molecule has 2 heteroatoms. The van der Waals surface area contributed by atoms with E-state index >= 15 is 0 Å². The van der Waals surface area contributed by atoms with Crippen molar-refractivity contribution in [3.63, 3.8) is 0 Å². The third kappa shape index (κ3) is 1.79. The van der Waals surface area contributed by atoms with Crippen LogP contribution in [0.2, 0.25) is 0 Å². The molecule has 1 heterocycles. The molecule has 74 valence electrons. The van der Waals surface area contributed by atoms with Crippen molar-refractivity contribution in [2.24, 2.45) is 0 Å². The minimum Gasteiger partial charge on any atom is -0.299 e. The predicted molar refractivity (Wildman–Crippen MR) is 60.3 cm³/mol. The Kier molecular flexibility index (Phi) is 3.51. The average molecular weight is 197 g/mol. The summed E-state index contributed by atoms with van der Waals surface area (Å²) in [6, 6.07) is 4.39. The van der Waals surface area contributed by atoms with Gasteiger partial charge in [0.2, 0.25) is 0 Å². The molecule has 13 heavy (non-hydrogen) atoms. The SMILES string of the molecule is CCC(CC)(c1cccs1)N(C)C. The van der Waals surface area contributed by atoms with Gasteiger partial charge in [-0.05, 0) is 38.4 Å². The monoisotopic (exact) mass is 197 g/mol. The van der Waals surface area contributed by atoms with E-state index in [1.165, 1.54) is 17.7 Å². The van der Waals surface area contributed by atoms with E-state index in [0.29, 0.717) is 0 Å².